The van der Waals surface area contributed by atoms with Crippen LogP contribution in [0.2, 0.25) is 0 Å². The lowest BCUT2D eigenvalue weighted by Gasteiger charge is -2.39. The summed E-state index contributed by atoms with van der Waals surface area (Å²) in [6.07, 6.45) is -16.6. The van der Waals surface area contributed by atoms with Gasteiger partial charge < -0.3 is 92.3 Å². The molecule has 2 aliphatic rings. The van der Waals surface area contributed by atoms with E-state index in [-0.39, 0.29) is 51.9 Å². The van der Waals surface area contributed by atoms with Gasteiger partial charge in [-0.05, 0) is 0 Å². The van der Waals surface area contributed by atoms with Crippen molar-refractivity contribution in [3.05, 3.63) is 30.3 Å². The second kappa shape index (κ2) is 14.1. The number of aliphatic hydroxyl groups is 8. The number of rotatable bonds is 8. The van der Waals surface area contributed by atoms with E-state index in [1.165, 1.54) is 19.2 Å². The van der Waals surface area contributed by atoms with Crippen molar-refractivity contribution in [3.63, 3.8) is 0 Å². The highest BCUT2D eigenvalue weighted by molar-refractivity contribution is 5.89. The van der Waals surface area contributed by atoms with Crippen molar-refractivity contribution in [1.29, 1.82) is 0 Å². The lowest BCUT2D eigenvalue weighted by Crippen LogP contribution is -3.00. The molecule has 0 saturated carbocycles. The van der Waals surface area contributed by atoms with Crippen LogP contribution in [0.15, 0.2) is 34.7 Å². The van der Waals surface area contributed by atoms with E-state index in [1.807, 2.05) is 0 Å². The number of aliphatic hydroxyl groups excluding tert-OH is 8. The Labute approximate surface area is 265 Å². The number of hydrogen-bond donors (Lipinski definition) is 11. The molecule has 11 N–H and O–H groups in total. The molecule has 5 rings (SSSR count). The lowest BCUT2D eigenvalue weighted by atomic mass is 9.99. The molecule has 10 atom stereocenters. The number of phenols is 3. The molecular weight excluding hydrogens is 644 g/mol. The smallest absolute Gasteiger partial charge is 0.402 e. The van der Waals surface area contributed by atoms with Crippen molar-refractivity contribution in [1.82, 2.24) is 0 Å². The van der Waals surface area contributed by atoms with Gasteiger partial charge in [0.25, 0.3) is 0 Å². The molecule has 46 heavy (non-hydrogen) atoms. The Hall–Kier alpha value is -3.46. The minimum Gasteiger partial charge on any atom is -1.00 e. The molecule has 17 nitrogen and oxygen atoms in total. The Kier molecular flexibility index (Phi) is 10.9. The van der Waals surface area contributed by atoms with Crippen LogP contribution in [-0.4, -0.2) is 138 Å². The summed E-state index contributed by atoms with van der Waals surface area (Å²) >= 11 is 0. The van der Waals surface area contributed by atoms with Gasteiger partial charge in [-0.25, -0.2) is 4.42 Å². The first-order valence-electron chi connectivity index (χ1n) is 13.6. The molecule has 0 aliphatic carbocycles. The molecule has 2 aromatic carbocycles. The Morgan fingerprint density at radius 1 is 0.674 bits per heavy atom. The van der Waals surface area contributed by atoms with Crippen LogP contribution in [-0.2, 0) is 9.47 Å². The van der Waals surface area contributed by atoms with E-state index in [2.05, 4.69) is 0 Å². The maximum atomic E-state index is 10.6. The predicted octanol–water partition coefficient (Wildman–Crippen LogP) is -5.13. The zero-order chi connectivity index (χ0) is 32.7. The van der Waals surface area contributed by atoms with Crippen molar-refractivity contribution in [2.45, 2.75) is 61.4 Å². The van der Waals surface area contributed by atoms with Crippen LogP contribution in [0.1, 0.15) is 0 Å². The van der Waals surface area contributed by atoms with Gasteiger partial charge in [0, 0.05) is 24.3 Å². The molecule has 18 heteroatoms. The normalized spacial score (nSPS) is 31.2. The van der Waals surface area contributed by atoms with E-state index in [0.29, 0.717) is 0 Å². The minimum absolute atomic E-state index is 0. The van der Waals surface area contributed by atoms with Crippen LogP contribution in [0, 0.1) is 0 Å². The van der Waals surface area contributed by atoms with Gasteiger partial charge in [0.05, 0.1) is 32.0 Å². The third-order valence-electron chi connectivity index (χ3n) is 7.52. The van der Waals surface area contributed by atoms with Gasteiger partial charge in [0.1, 0.15) is 65.7 Å². The van der Waals surface area contributed by atoms with E-state index < -0.39 is 91.9 Å². The third-order valence-corrected chi connectivity index (χ3v) is 7.52. The van der Waals surface area contributed by atoms with Gasteiger partial charge in [-0.15, -0.1) is 0 Å². The van der Waals surface area contributed by atoms with Crippen molar-refractivity contribution < 1.29 is 96.7 Å². The maximum absolute atomic E-state index is 10.6. The van der Waals surface area contributed by atoms with E-state index in [0.717, 1.165) is 18.2 Å². The quantitative estimate of drug-likeness (QED) is 0.0786. The fourth-order valence-corrected chi connectivity index (χ4v) is 5.02. The van der Waals surface area contributed by atoms with Gasteiger partial charge in [0.2, 0.25) is 24.1 Å². The topological polar surface area (TPSA) is 280 Å². The van der Waals surface area contributed by atoms with Crippen molar-refractivity contribution in [3.8, 4) is 45.8 Å². The Bertz CT molecular complexity index is 1520. The summed E-state index contributed by atoms with van der Waals surface area (Å²) in [5.41, 5.74) is -0.0688. The number of hydrogen-bond acceptors (Lipinski definition) is 16. The van der Waals surface area contributed by atoms with E-state index in [9.17, 15) is 56.2 Å². The van der Waals surface area contributed by atoms with Crippen LogP contribution < -0.4 is 26.6 Å². The molecule has 254 valence electrons. The monoisotopic (exact) mass is 676 g/mol. The first-order valence-corrected chi connectivity index (χ1v) is 13.6. The fraction of sp³-hybridized carbons (Fsp3) is 0.464. The number of ether oxygens (including phenoxy) is 5. The zero-order valence-electron chi connectivity index (χ0n) is 23.8. The largest absolute Gasteiger partial charge is 1.00 e. The Morgan fingerprint density at radius 2 is 1.22 bits per heavy atom. The number of benzene rings is 2. The van der Waals surface area contributed by atoms with Gasteiger partial charge in [-0.2, -0.15) is 0 Å². The average molecular weight is 677 g/mol. The molecular formula is C28H33ClO17. The second-order valence-electron chi connectivity index (χ2n) is 10.5. The number of fused-ring (bicyclic) bond motifs is 1. The van der Waals surface area contributed by atoms with Crippen LogP contribution in [0.25, 0.3) is 22.3 Å². The Balaban J connectivity index is 0.00000480. The summed E-state index contributed by atoms with van der Waals surface area (Å²) < 4.78 is 33.6. The maximum Gasteiger partial charge on any atom is 0.402 e. The summed E-state index contributed by atoms with van der Waals surface area (Å²) in [4.78, 5) is 0. The highest BCUT2D eigenvalue weighted by atomic mass is 35.5. The van der Waals surface area contributed by atoms with Crippen LogP contribution in [0.5, 0.6) is 34.5 Å². The SMILES string of the molecule is COc1cc(-c2[o+]c3cc(O)cc(OC4OC(CO)C(O)C(O)C4O)c3cc2OC2OC(CO)C(O)C(O)C2O)cc(O)c1O.[Cl-]. The van der Waals surface area contributed by atoms with Crippen molar-refractivity contribution in [2.24, 2.45) is 0 Å². The summed E-state index contributed by atoms with van der Waals surface area (Å²) in [6.45, 7) is -1.48. The molecule has 2 fully saturated rings. The fourth-order valence-electron chi connectivity index (χ4n) is 5.02. The molecule has 0 spiro atoms. The summed E-state index contributed by atoms with van der Waals surface area (Å²) in [5, 5.41) is 112. The van der Waals surface area contributed by atoms with Crippen LogP contribution in [0.3, 0.4) is 0 Å². The average Bonchev–Trinajstić information content (AvgIpc) is 3.02. The van der Waals surface area contributed by atoms with Gasteiger partial charge >= 0.3 is 11.3 Å². The number of aromatic hydroxyl groups is 3. The van der Waals surface area contributed by atoms with Gasteiger partial charge in [0.15, 0.2) is 11.5 Å². The molecule has 10 unspecified atom stereocenters. The highest BCUT2D eigenvalue weighted by Crippen LogP contribution is 2.45. The molecule has 2 saturated heterocycles. The number of phenolic OH excluding ortho intramolecular Hbond substituents is 3. The molecule has 0 amide bonds. The molecule has 3 aromatic rings. The third kappa shape index (κ3) is 6.53. The first-order chi connectivity index (χ1) is 21.4. The summed E-state index contributed by atoms with van der Waals surface area (Å²) in [5.74, 6) is -2.52. The van der Waals surface area contributed by atoms with Gasteiger partial charge in [-0.3, -0.25) is 0 Å². The molecule has 2 aliphatic heterocycles. The van der Waals surface area contributed by atoms with Crippen LogP contribution >= 0.6 is 0 Å². The zero-order valence-corrected chi connectivity index (χ0v) is 24.6. The van der Waals surface area contributed by atoms with Gasteiger partial charge in [-0.1, -0.05) is 0 Å². The first kappa shape index (κ1) is 35.4. The lowest BCUT2D eigenvalue weighted by molar-refractivity contribution is -0.277. The van der Waals surface area contributed by atoms with Crippen LogP contribution in [0.4, 0.5) is 0 Å². The molecule has 3 heterocycles. The predicted molar refractivity (Wildman–Crippen MR) is 146 cm³/mol. The number of halogens is 1. The Morgan fingerprint density at radius 3 is 1.74 bits per heavy atom. The van der Waals surface area contributed by atoms with E-state index in [4.69, 9.17) is 28.1 Å². The summed E-state index contributed by atoms with van der Waals surface area (Å²) in [6, 6.07) is 5.84. The minimum atomic E-state index is -1.85. The van der Waals surface area contributed by atoms with Crippen molar-refractivity contribution >= 4 is 11.0 Å². The molecule has 0 bridgehead atoms. The summed E-state index contributed by atoms with van der Waals surface area (Å²) in [7, 11) is 1.22. The van der Waals surface area contributed by atoms with Crippen molar-refractivity contribution in [2.75, 3.05) is 20.3 Å². The highest BCUT2D eigenvalue weighted by Gasteiger charge is 2.47. The second-order valence-corrected chi connectivity index (χ2v) is 10.5. The molecule has 0 radical (unpaired) electrons. The number of methoxy groups -OCH3 is 1. The standard InChI is InChI=1S/C28H32O17.ClH/c1-40-15-3-9(2-12(32)19(15)33)26-16(43-28-25(39)23(37)21(35)18(8-30)45-28)6-11-13(41-26)4-10(31)5-14(11)42-27-24(38)22(36)20(34)17(7-29)44-27;/h2-6,17-18,20-25,27-30,34-39H,7-8H2,1H3,(H2-,31,32,33);1H. The van der Waals surface area contributed by atoms with E-state index in [1.54, 1.807) is 0 Å². The van der Waals surface area contributed by atoms with E-state index >= 15 is 0 Å². The molecule has 1 aromatic heterocycles.